The Morgan fingerprint density at radius 3 is 2.44 bits per heavy atom. The average molecular weight is 646 g/mol. The Morgan fingerprint density at radius 2 is 1.69 bits per heavy atom. The van der Waals surface area contributed by atoms with Crippen LogP contribution >= 0.6 is 23.1 Å². The summed E-state index contributed by atoms with van der Waals surface area (Å²) in [6.07, 6.45) is 0. The minimum Gasteiger partial charge on any atom is -0.507 e. The predicted molar refractivity (Wildman–Crippen MR) is 172 cm³/mol. The molecule has 0 saturated carbocycles. The standard InChI is InChI=1S/C33H31N3O7S2/c1-4-40-23-12-10-21(16-25(23)41-5-2)28-27(29(37)22-11-13-24-26(17-22)43-15-14-42-24)30(38)31(39)36(28)32-34-35-33(45-32)44-18-20-8-6-19(3)7-9-20/h6-13,16-17,28,37H,4-5,14-15,18H2,1-3H3. The van der Waals surface area contributed by atoms with Crippen molar-refractivity contribution in [3.8, 4) is 23.0 Å². The zero-order valence-corrected chi connectivity index (χ0v) is 26.6. The van der Waals surface area contributed by atoms with E-state index in [4.69, 9.17) is 18.9 Å². The SMILES string of the molecule is CCOc1ccc(C2C(=C(O)c3ccc4c(c3)OCCO4)C(=O)C(=O)N2c2nnc(SCc3ccc(C)cc3)s2)cc1OCC. The van der Waals surface area contributed by atoms with Crippen molar-refractivity contribution in [3.05, 3.63) is 88.5 Å². The third-order valence-corrected chi connectivity index (χ3v) is 9.36. The normalized spacial score (nSPS) is 17.0. The quantitative estimate of drug-likeness (QED) is 0.0688. The lowest BCUT2D eigenvalue weighted by atomic mass is 9.95. The number of carbonyl (C=O) groups is 2. The van der Waals surface area contributed by atoms with E-state index in [-0.39, 0.29) is 16.5 Å². The minimum atomic E-state index is -1.02. The molecule has 45 heavy (non-hydrogen) atoms. The van der Waals surface area contributed by atoms with Gasteiger partial charge >= 0.3 is 5.91 Å². The fourth-order valence-electron chi connectivity index (χ4n) is 5.12. The second-order valence-electron chi connectivity index (χ2n) is 10.2. The Balaban J connectivity index is 1.42. The van der Waals surface area contributed by atoms with Crippen LogP contribution in [0, 0.1) is 6.92 Å². The minimum absolute atomic E-state index is 0.0904. The van der Waals surface area contributed by atoms with Crippen molar-refractivity contribution in [1.82, 2.24) is 10.2 Å². The van der Waals surface area contributed by atoms with Crippen molar-refractivity contribution in [2.24, 2.45) is 0 Å². The lowest BCUT2D eigenvalue weighted by molar-refractivity contribution is -0.132. The summed E-state index contributed by atoms with van der Waals surface area (Å²) in [6.45, 7) is 7.33. The number of rotatable bonds is 10. The summed E-state index contributed by atoms with van der Waals surface area (Å²) < 4.78 is 23.6. The molecule has 232 valence electrons. The molecule has 1 aromatic heterocycles. The van der Waals surface area contributed by atoms with Gasteiger partial charge in [-0.2, -0.15) is 0 Å². The Labute approximate surface area is 268 Å². The maximum atomic E-state index is 13.7. The highest BCUT2D eigenvalue weighted by molar-refractivity contribution is 8.00. The van der Waals surface area contributed by atoms with E-state index >= 15 is 0 Å². The number of aryl methyl sites for hydroxylation is 1. The molecule has 0 bridgehead atoms. The van der Waals surface area contributed by atoms with Gasteiger partial charge in [0.15, 0.2) is 27.3 Å². The molecule has 10 nitrogen and oxygen atoms in total. The van der Waals surface area contributed by atoms with Crippen LogP contribution in [0.5, 0.6) is 23.0 Å². The Hall–Kier alpha value is -4.55. The number of fused-ring (bicyclic) bond motifs is 1. The highest BCUT2D eigenvalue weighted by Crippen LogP contribution is 2.46. The molecule has 1 unspecified atom stereocenters. The summed E-state index contributed by atoms with van der Waals surface area (Å²) in [5.74, 6) is 0.606. The largest absolute Gasteiger partial charge is 0.507 e. The molecule has 1 fully saturated rings. The van der Waals surface area contributed by atoms with Gasteiger partial charge in [0.1, 0.15) is 19.0 Å². The number of hydrogen-bond donors (Lipinski definition) is 1. The Kier molecular flexibility index (Phi) is 8.95. The molecule has 3 heterocycles. The van der Waals surface area contributed by atoms with E-state index in [1.807, 2.05) is 20.8 Å². The molecular formula is C33H31N3O7S2. The molecule has 0 aliphatic carbocycles. The molecule has 1 amide bonds. The van der Waals surface area contributed by atoms with Gasteiger partial charge in [-0.15, -0.1) is 10.2 Å². The number of benzene rings is 3. The van der Waals surface area contributed by atoms with Gasteiger partial charge in [-0.05, 0) is 62.2 Å². The van der Waals surface area contributed by atoms with Crippen LogP contribution < -0.4 is 23.8 Å². The van der Waals surface area contributed by atoms with Crippen molar-refractivity contribution in [2.75, 3.05) is 31.3 Å². The summed E-state index contributed by atoms with van der Waals surface area (Å²) >= 11 is 2.70. The number of anilines is 1. The molecule has 0 spiro atoms. The molecule has 6 rings (SSSR count). The highest BCUT2D eigenvalue weighted by atomic mass is 32.2. The first-order chi connectivity index (χ1) is 21.9. The van der Waals surface area contributed by atoms with E-state index in [1.165, 1.54) is 33.6 Å². The molecule has 1 saturated heterocycles. The van der Waals surface area contributed by atoms with Crippen LogP contribution in [0.2, 0.25) is 0 Å². The predicted octanol–water partition coefficient (Wildman–Crippen LogP) is 6.33. The maximum absolute atomic E-state index is 13.7. The van der Waals surface area contributed by atoms with Gasteiger partial charge in [0.05, 0.1) is 24.8 Å². The number of carbonyl (C=O) groups excluding carboxylic acids is 2. The molecule has 2 aliphatic heterocycles. The van der Waals surface area contributed by atoms with Gasteiger partial charge in [0.25, 0.3) is 5.78 Å². The first-order valence-corrected chi connectivity index (χ1v) is 16.3. The Bertz CT molecular complexity index is 1770. The topological polar surface area (TPSA) is 120 Å². The molecule has 4 aromatic rings. The summed E-state index contributed by atoms with van der Waals surface area (Å²) in [4.78, 5) is 28.8. The first kappa shape index (κ1) is 30.5. The zero-order chi connectivity index (χ0) is 31.5. The lowest BCUT2D eigenvalue weighted by Gasteiger charge is -2.24. The van der Waals surface area contributed by atoms with Crippen molar-refractivity contribution in [2.45, 2.75) is 36.9 Å². The van der Waals surface area contributed by atoms with Crippen LogP contribution in [-0.4, -0.2) is 53.4 Å². The molecule has 2 aliphatic rings. The van der Waals surface area contributed by atoms with Gasteiger partial charge < -0.3 is 24.1 Å². The number of nitrogens with zero attached hydrogens (tertiary/aromatic N) is 3. The fourth-order valence-corrected chi connectivity index (χ4v) is 6.94. The van der Waals surface area contributed by atoms with Crippen LogP contribution in [-0.2, 0) is 15.3 Å². The maximum Gasteiger partial charge on any atom is 0.301 e. The third-order valence-electron chi connectivity index (χ3n) is 7.23. The number of aliphatic hydroxyl groups excluding tert-OH is 1. The van der Waals surface area contributed by atoms with Crippen LogP contribution in [0.15, 0.2) is 70.6 Å². The summed E-state index contributed by atoms with van der Waals surface area (Å²) in [7, 11) is 0. The summed E-state index contributed by atoms with van der Waals surface area (Å²) in [6, 6.07) is 17.3. The number of aliphatic hydroxyl groups is 1. The molecule has 1 atom stereocenters. The van der Waals surface area contributed by atoms with E-state index in [1.54, 1.807) is 36.4 Å². The van der Waals surface area contributed by atoms with Crippen LogP contribution in [0.25, 0.3) is 5.76 Å². The average Bonchev–Trinajstić information content (AvgIpc) is 3.63. The number of aromatic nitrogens is 2. The molecule has 1 N–H and O–H groups in total. The number of hydrogen-bond acceptors (Lipinski definition) is 11. The fraction of sp³-hybridized carbons (Fsp3) is 0.273. The lowest BCUT2D eigenvalue weighted by Crippen LogP contribution is -2.29. The zero-order valence-electron chi connectivity index (χ0n) is 24.9. The van der Waals surface area contributed by atoms with Gasteiger partial charge in [-0.3, -0.25) is 14.5 Å². The third kappa shape index (κ3) is 6.20. The second kappa shape index (κ2) is 13.2. The smallest absolute Gasteiger partial charge is 0.301 e. The molecule has 0 radical (unpaired) electrons. The Morgan fingerprint density at radius 1 is 0.956 bits per heavy atom. The summed E-state index contributed by atoms with van der Waals surface area (Å²) in [5, 5.41) is 20.5. The van der Waals surface area contributed by atoms with Crippen molar-refractivity contribution in [1.29, 1.82) is 0 Å². The molecular weight excluding hydrogens is 615 g/mol. The molecule has 3 aromatic carbocycles. The number of ketones is 1. The van der Waals surface area contributed by atoms with E-state index in [2.05, 4.69) is 34.5 Å². The highest BCUT2D eigenvalue weighted by Gasteiger charge is 2.48. The number of thioether (sulfide) groups is 1. The van der Waals surface area contributed by atoms with Crippen LogP contribution in [0.3, 0.4) is 0 Å². The molecule has 12 heteroatoms. The van der Waals surface area contributed by atoms with Gasteiger partial charge in [0.2, 0.25) is 5.13 Å². The monoisotopic (exact) mass is 645 g/mol. The van der Waals surface area contributed by atoms with Gasteiger partial charge in [-0.1, -0.05) is 59.0 Å². The number of ether oxygens (including phenoxy) is 4. The van der Waals surface area contributed by atoms with Crippen molar-refractivity contribution < 1.29 is 33.6 Å². The number of Topliss-reactive ketones (excluding diaryl/α,β-unsaturated/α-hetero) is 1. The van der Waals surface area contributed by atoms with E-state index < -0.39 is 17.7 Å². The second-order valence-corrected chi connectivity index (χ2v) is 12.4. The van der Waals surface area contributed by atoms with Crippen LogP contribution in [0.1, 0.15) is 42.1 Å². The van der Waals surface area contributed by atoms with Crippen molar-refractivity contribution in [3.63, 3.8) is 0 Å². The summed E-state index contributed by atoms with van der Waals surface area (Å²) in [5.41, 5.74) is 3.05. The first-order valence-electron chi connectivity index (χ1n) is 14.5. The van der Waals surface area contributed by atoms with E-state index in [9.17, 15) is 14.7 Å². The van der Waals surface area contributed by atoms with Crippen LogP contribution in [0.4, 0.5) is 5.13 Å². The van der Waals surface area contributed by atoms with Crippen molar-refractivity contribution >= 4 is 45.7 Å². The van der Waals surface area contributed by atoms with Gasteiger partial charge in [0, 0.05) is 11.3 Å². The van der Waals surface area contributed by atoms with E-state index in [0.29, 0.717) is 70.6 Å². The van der Waals surface area contributed by atoms with Gasteiger partial charge in [-0.25, -0.2) is 0 Å². The number of amides is 1. The van der Waals surface area contributed by atoms with E-state index in [0.717, 1.165) is 5.56 Å².